The zero-order valence-corrected chi connectivity index (χ0v) is 11.5. The van der Waals surface area contributed by atoms with Gasteiger partial charge in [-0.1, -0.05) is 12.2 Å². The topological polar surface area (TPSA) is 99.6 Å². The van der Waals surface area contributed by atoms with Gasteiger partial charge in [0.05, 0.1) is 10.1 Å². The average molecular weight is 278 g/mol. The molecule has 0 fully saturated rings. The lowest BCUT2D eigenvalue weighted by molar-refractivity contribution is 1.35. The van der Waals surface area contributed by atoms with Crippen LogP contribution in [0.25, 0.3) is 0 Å². The summed E-state index contributed by atoms with van der Waals surface area (Å²) in [5, 5.41) is 18.7. The van der Waals surface area contributed by atoms with Crippen molar-refractivity contribution in [2.24, 2.45) is 11.5 Å². The first-order valence-corrected chi connectivity index (χ1v) is 6.86. The highest BCUT2D eigenvalue weighted by molar-refractivity contribution is 8.03. The fourth-order valence-corrected chi connectivity index (χ4v) is 2.09. The van der Waals surface area contributed by atoms with E-state index in [2.05, 4.69) is 13.2 Å². The number of hydrogen-bond acceptors (Lipinski definition) is 6. The molecule has 0 heterocycles. The summed E-state index contributed by atoms with van der Waals surface area (Å²) in [6.45, 7) is 7.12. The summed E-state index contributed by atoms with van der Waals surface area (Å²) < 4.78 is 0. The highest BCUT2D eigenvalue weighted by atomic mass is 32.2. The van der Waals surface area contributed by atoms with E-state index in [1.165, 1.54) is 23.5 Å². The van der Waals surface area contributed by atoms with Gasteiger partial charge in [0.15, 0.2) is 0 Å². The van der Waals surface area contributed by atoms with E-state index < -0.39 is 0 Å². The lowest BCUT2D eigenvalue weighted by Gasteiger charge is -2.06. The van der Waals surface area contributed by atoms with Crippen LogP contribution in [0.15, 0.2) is 46.5 Å². The maximum atomic E-state index is 9.07. The molecule has 0 aliphatic rings. The van der Waals surface area contributed by atoms with Gasteiger partial charge in [0, 0.05) is 11.5 Å². The Morgan fingerprint density at radius 1 is 0.944 bits per heavy atom. The summed E-state index contributed by atoms with van der Waals surface area (Å²) in [7, 11) is 0. The van der Waals surface area contributed by atoms with Crippen LogP contribution in [0.1, 0.15) is 0 Å². The second kappa shape index (κ2) is 9.29. The molecule has 0 aromatic carbocycles. The van der Waals surface area contributed by atoms with Crippen LogP contribution < -0.4 is 11.5 Å². The van der Waals surface area contributed by atoms with E-state index in [-0.39, 0.29) is 21.2 Å². The number of nitrogens with two attached hydrogens (primary N) is 2. The fraction of sp³-hybridized carbons (Fsp3) is 0.167. The maximum Gasteiger partial charge on any atom is 0.103 e. The third-order valence-electron chi connectivity index (χ3n) is 1.68. The van der Waals surface area contributed by atoms with Gasteiger partial charge in [0.25, 0.3) is 0 Å². The lowest BCUT2D eigenvalue weighted by Crippen LogP contribution is -2.05. The minimum atomic E-state index is 0.110. The van der Waals surface area contributed by atoms with Crippen molar-refractivity contribution in [2.45, 2.75) is 0 Å². The van der Waals surface area contributed by atoms with Gasteiger partial charge in [0.1, 0.15) is 23.3 Å². The first kappa shape index (κ1) is 16.2. The molecule has 0 bridgehead atoms. The predicted molar refractivity (Wildman–Crippen MR) is 79.0 cm³/mol. The van der Waals surface area contributed by atoms with Crippen LogP contribution in [0.2, 0.25) is 0 Å². The normalized spacial score (nSPS) is 12.6. The number of nitrogens with zero attached hydrogens (tertiary/aromatic N) is 2. The van der Waals surface area contributed by atoms with E-state index in [4.69, 9.17) is 22.0 Å². The molecule has 0 saturated carbocycles. The summed E-state index contributed by atoms with van der Waals surface area (Å²) >= 11 is 2.48. The smallest absolute Gasteiger partial charge is 0.103 e. The second-order valence-electron chi connectivity index (χ2n) is 2.90. The Kier molecular flexibility index (Phi) is 8.38. The van der Waals surface area contributed by atoms with Gasteiger partial charge in [-0.05, 0) is 0 Å². The number of rotatable bonds is 7. The van der Waals surface area contributed by atoms with E-state index in [1.807, 2.05) is 12.1 Å². The van der Waals surface area contributed by atoms with Gasteiger partial charge in [-0.15, -0.1) is 36.7 Å². The third-order valence-corrected chi connectivity index (χ3v) is 3.51. The van der Waals surface area contributed by atoms with Crippen molar-refractivity contribution >= 4 is 23.5 Å². The number of allylic oxidation sites excluding steroid dienone is 2. The van der Waals surface area contributed by atoms with Crippen LogP contribution in [0, 0.1) is 22.7 Å². The molecule has 0 radical (unpaired) electrons. The minimum Gasteiger partial charge on any atom is -0.392 e. The fourth-order valence-electron chi connectivity index (χ4n) is 0.910. The van der Waals surface area contributed by atoms with Gasteiger partial charge in [-0.3, -0.25) is 0 Å². The van der Waals surface area contributed by atoms with E-state index in [9.17, 15) is 0 Å². The Morgan fingerprint density at radius 2 is 1.28 bits per heavy atom. The van der Waals surface area contributed by atoms with Gasteiger partial charge in [-0.2, -0.15) is 10.5 Å². The van der Waals surface area contributed by atoms with Crippen LogP contribution in [0.4, 0.5) is 0 Å². The maximum absolute atomic E-state index is 9.07. The van der Waals surface area contributed by atoms with Crippen molar-refractivity contribution in [2.75, 3.05) is 11.5 Å². The van der Waals surface area contributed by atoms with E-state index in [0.717, 1.165) is 0 Å². The Morgan fingerprint density at radius 3 is 1.50 bits per heavy atom. The van der Waals surface area contributed by atoms with Gasteiger partial charge in [0.2, 0.25) is 0 Å². The van der Waals surface area contributed by atoms with Crippen LogP contribution in [-0.2, 0) is 0 Å². The van der Waals surface area contributed by atoms with Gasteiger partial charge >= 0.3 is 0 Å². The van der Waals surface area contributed by atoms with Crippen molar-refractivity contribution < 1.29 is 0 Å². The second-order valence-corrected chi connectivity index (χ2v) is 5.03. The zero-order chi connectivity index (χ0) is 14.0. The summed E-state index contributed by atoms with van der Waals surface area (Å²) in [4.78, 5) is 0. The molecular formula is C12H14N4S2. The van der Waals surface area contributed by atoms with Crippen molar-refractivity contribution in [3.63, 3.8) is 0 Å². The van der Waals surface area contributed by atoms with Crippen molar-refractivity contribution in [3.8, 4) is 12.1 Å². The SMILES string of the molecule is C=CCS/C(N)=C(C#N)/C(C#N)=C(\N)SCC=C. The van der Waals surface area contributed by atoms with Crippen molar-refractivity contribution in [1.29, 1.82) is 10.5 Å². The van der Waals surface area contributed by atoms with E-state index >= 15 is 0 Å². The molecule has 0 spiro atoms. The summed E-state index contributed by atoms with van der Waals surface area (Å²) in [5.41, 5.74) is 11.7. The molecule has 0 rings (SSSR count). The molecule has 6 heteroatoms. The molecule has 0 aromatic rings. The first-order valence-electron chi connectivity index (χ1n) is 4.89. The molecule has 0 aromatic heterocycles. The Labute approximate surface area is 116 Å². The van der Waals surface area contributed by atoms with Crippen LogP contribution in [0.3, 0.4) is 0 Å². The van der Waals surface area contributed by atoms with E-state index in [1.54, 1.807) is 12.2 Å². The Balaban J connectivity index is 5.36. The molecule has 18 heavy (non-hydrogen) atoms. The number of nitriles is 2. The molecule has 0 unspecified atom stereocenters. The molecule has 0 aliphatic carbocycles. The zero-order valence-electron chi connectivity index (χ0n) is 9.85. The first-order chi connectivity index (χ1) is 8.62. The average Bonchev–Trinajstić information content (AvgIpc) is 2.39. The van der Waals surface area contributed by atoms with Crippen molar-refractivity contribution in [1.82, 2.24) is 0 Å². The number of thioether (sulfide) groups is 2. The highest BCUT2D eigenvalue weighted by Gasteiger charge is 2.13. The lowest BCUT2D eigenvalue weighted by atomic mass is 10.1. The standard InChI is InChI=1S/C12H14N4S2/c1-3-5-17-11(15)9(7-13)10(8-14)12(16)18-6-4-2/h3-4H,1-2,5-6,15-16H2/b11-9+,12-10+. The minimum absolute atomic E-state index is 0.110. The summed E-state index contributed by atoms with van der Waals surface area (Å²) in [6, 6.07) is 3.84. The van der Waals surface area contributed by atoms with Gasteiger partial charge in [-0.25, -0.2) is 0 Å². The quantitative estimate of drug-likeness (QED) is 0.421. The predicted octanol–water partition coefficient (Wildman–Crippen LogP) is 2.21. The Hall–Kier alpha value is -1.76. The molecule has 94 valence electrons. The summed E-state index contributed by atoms with van der Waals surface area (Å²) in [6.07, 6.45) is 3.33. The molecule has 0 amide bonds. The molecule has 0 aliphatic heterocycles. The highest BCUT2D eigenvalue weighted by Crippen LogP contribution is 2.25. The molecule has 0 saturated heterocycles. The van der Waals surface area contributed by atoms with Gasteiger partial charge < -0.3 is 11.5 Å². The van der Waals surface area contributed by atoms with E-state index in [0.29, 0.717) is 11.5 Å². The summed E-state index contributed by atoms with van der Waals surface area (Å²) in [5.74, 6) is 1.13. The third kappa shape index (κ3) is 5.05. The monoisotopic (exact) mass is 278 g/mol. The number of hydrogen-bond donors (Lipinski definition) is 2. The molecular weight excluding hydrogens is 264 g/mol. The van der Waals surface area contributed by atoms with Crippen LogP contribution in [0.5, 0.6) is 0 Å². The largest absolute Gasteiger partial charge is 0.392 e. The molecule has 4 nitrogen and oxygen atoms in total. The molecule has 0 atom stereocenters. The van der Waals surface area contributed by atoms with Crippen LogP contribution in [-0.4, -0.2) is 11.5 Å². The molecule has 4 N–H and O–H groups in total. The van der Waals surface area contributed by atoms with Crippen molar-refractivity contribution in [3.05, 3.63) is 46.5 Å². The van der Waals surface area contributed by atoms with Crippen LogP contribution >= 0.6 is 23.5 Å². The Bertz CT molecular complexity index is 419.